The molecule has 3 atom stereocenters. The molecule has 4 aliphatic rings. The van der Waals surface area contributed by atoms with Gasteiger partial charge in [0.25, 0.3) is 0 Å². The first-order valence-corrected chi connectivity index (χ1v) is 5.57. The molecule has 1 unspecified atom stereocenters. The van der Waals surface area contributed by atoms with Gasteiger partial charge in [-0.25, -0.2) is 0 Å². The van der Waals surface area contributed by atoms with Gasteiger partial charge >= 0.3 is 0 Å². The van der Waals surface area contributed by atoms with Crippen molar-refractivity contribution in [2.45, 2.75) is 24.4 Å². The summed E-state index contributed by atoms with van der Waals surface area (Å²) in [7, 11) is 0. The van der Waals surface area contributed by atoms with Crippen LogP contribution in [0.5, 0.6) is 0 Å². The Labute approximate surface area is 71.6 Å². The average molecular weight is 167 g/mol. The van der Waals surface area contributed by atoms with Gasteiger partial charge in [-0.05, 0) is 18.8 Å². The van der Waals surface area contributed by atoms with E-state index in [0.717, 1.165) is 12.0 Å². The first kappa shape index (κ1) is 6.55. The normalized spacial score (nSPS) is 53.1. The number of hydrogen-bond acceptors (Lipinski definition) is 2. The van der Waals surface area contributed by atoms with Gasteiger partial charge in [-0.1, -0.05) is 12.2 Å². The van der Waals surface area contributed by atoms with Gasteiger partial charge in [-0.15, -0.1) is 0 Å². The summed E-state index contributed by atoms with van der Waals surface area (Å²) in [6.07, 6.45) is 7.44. The lowest BCUT2D eigenvalue weighted by Crippen LogP contribution is -2.72. The van der Waals surface area contributed by atoms with Crippen molar-refractivity contribution >= 4 is 11.8 Å². The molecule has 1 nitrogen and oxygen atoms in total. The molecule has 0 amide bonds. The van der Waals surface area contributed by atoms with Crippen molar-refractivity contribution in [2.75, 3.05) is 11.5 Å². The Kier molecular flexibility index (Phi) is 1.22. The SMILES string of the molecule is C1=CC([C@]23CSC[C@H](C2)N3)C1. The molecule has 1 N–H and O–H groups in total. The molecule has 2 heteroatoms. The van der Waals surface area contributed by atoms with Crippen molar-refractivity contribution in [3.05, 3.63) is 12.2 Å². The highest BCUT2D eigenvalue weighted by Gasteiger charge is 2.51. The van der Waals surface area contributed by atoms with E-state index < -0.39 is 0 Å². The van der Waals surface area contributed by atoms with Crippen LogP contribution in [0.25, 0.3) is 0 Å². The van der Waals surface area contributed by atoms with Crippen LogP contribution in [0.3, 0.4) is 0 Å². The third kappa shape index (κ3) is 0.772. The second kappa shape index (κ2) is 2.05. The lowest BCUT2D eigenvalue weighted by Gasteiger charge is -2.58. The number of hydrogen-bond donors (Lipinski definition) is 1. The van der Waals surface area contributed by atoms with Crippen molar-refractivity contribution in [1.29, 1.82) is 0 Å². The van der Waals surface area contributed by atoms with Gasteiger partial charge in [0.2, 0.25) is 0 Å². The molecule has 4 rings (SSSR count). The van der Waals surface area contributed by atoms with Crippen LogP contribution in [0.2, 0.25) is 0 Å². The predicted molar refractivity (Wildman–Crippen MR) is 48.8 cm³/mol. The van der Waals surface area contributed by atoms with E-state index >= 15 is 0 Å². The fraction of sp³-hybridized carbons (Fsp3) is 0.778. The summed E-state index contributed by atoms with van der Waals surface area (Å²) < 4.78 is 0. The van der Waals surface area contributed by atoms with E-state index in [2.05, 4.69) is 29.2 Å². The summed E-state index contributed by atoms with van der Waals surface area (Å²) in [5, 5.41) is 3.72. The summed E-state index contributed by atoms with van der Waals surface area (Å²) >= 11 is 2.13. The van der Waals surface area contributed by atoms with E-state index in [4.69, 9.17) is 0 Å². The van der Waals surface area contributed by atoms with Gasteiger partial charge in [0.1, 0.15) is 0 Å². The first-order chi connectivity index (χ1) is 5.39. The van der Waals surface area contributed by atoms with Gasteiger partial charge in [0.15, 0.2) is 0 Å². The van der Waals surface area contributed by atoms with Crippen LogP contribution in [-0.2, 0) is 0 Å². The fourth-order valence-electron chi connectivity index (χ4n) is 2.46. The Balaban J connectivity index is 1.79. The van der Waals surface area contributed by atoms with Crippen molar-refractivity contribution in [3.8, 4) is 0 Å². The molecule has 0 aromatic carbocycles. The molecular formula is C9H13NS. The number of nitrogens with one attached hydrogen (secondary N) is 1. The molecule has 60 valence electrons. The maximum Gasteiger partial charge on any atom is 0.0355 e. The Morgan fingerprint density at radius 1 is 1.55 bits per heavy atom. The lowest BCUT2D eigenvalue weighted by atomic mass is 9.68. The molecule has 1 aliphatic carbocycles. The highest BCUT2D eigenvalue weighted by atomic mass is 32.2. The molecule has 0 saturated carbocycles. The van der Waals surface area contributed by atoms with Gasteiger partial charge in [-0.3, -0.25) is 0 Å². The highest BCUT2D eigenvalue weighted by molar-refractivity contribution is 7.99. The van der Waals surface area contributed by atoms with Crippen LogP contribution < -0.4 is 5.32 Å². The monoisotopic (exact) mass is 167 g/mol. The number of fused-ring (bicyclic) bond motifs is 2. The minimum Gasteiger partial charge on any atom is -0.306 e. The zero-order chi connectivity index (χ0) is 7.31. The largest absolute Gasteiger partial charge is 0.306 e. The van der Waals surface area contributed by atoms with E-state index in [1.807, 2.05) is 0 Å². The van der Waals surface area contributed by atoms with Gasteiger partial charge < -0.3 is 5.32 Å². The summed E-state index contributed by atoms with van der Waals surface area (Å²) in [5.74, 6) is 3.56. The van der Waals surface area contributed by atoms with Crippen LogP contribution in [0, 0.1) is 5.92 Å². The Morgan fingerprint density at radius 2 is 2.36 bits per heavy atom. The maximum absolute atomic E-state index is 3.72. The molecule has 0 spiro atoms. The average Bonchev–Trinajstić information content (AvgIpc) is 1.82. The molecule has 2 bridgehead atoms. The van der Waals surface area contributed by atoms with Crippen LogP contribution in [0.4, 0.5) is 0 Å². The second-order valence-corrected chi connectivity index (χ2v) is 5.02. The minimum absolute atomic E-state index is 0.544. The molecule has 0 aromatic rings. The molecule has 0 aromatic heterocycles. The second-order valence-electron chi connectivity index (χ2n) is 3.99. The number of thioether (sulfide) groups is 1. The van der Waals surface area contributed by atoms with Crippen molar-refractivity contribution in [2.24, 2.45) is 5.92 Å². The van der Waals surface area contributed by atoms with Crippen LogP contribution in [-0.4, -0.2) is 23.1 Å². The van der Waals surface area contributed by atoms with Gasteiger partial charge in [-0.2, -0.15) is 11.8 Å². The Morgan fingerprint density at radius 3 is 2.82 bits per heavy atom. The third-order valence-electron chi connectivity index (χ3n) is 3.25. The van der Waals surface area contributed by atoms with E-state index in [1.54, 1.807) is 0 Å². The van der Waals surface area contributed by atoms with Crippen molar-refractivity contribution < 1.29 is 0 Å². The van der Waals surface area contributed by atoms with Crippen LogP contribution in [0.1, 0.15) is 12.8 Å². The molecule has 11 heavy (non-hydrogen) atoms. The molecule has 3 fully saturated rings. The standard InChI is InChI=1S/C9H13NS/c1-2-7(3-1)9-4-8(10-9)5-11-6-9/h1-2,7-8,10H,3-6H2/t7?,8-,9+/m0/s1. The van der Waals surface area contributed by atoms with Crippen LogP contribution in [0.15, 0.2) is 12.2 Å². The lowest BCUT2D eigenvalue weighted by molar-refractivity contribution is 0.110. The molecule has 3 heterocycles. The van der Waals surface area contributed by atoms with Crippen molar-refractivity contribution in [1.82, 2.24) is 5.32 Å². The zero-order valence-corrected chi connectivity index (χ0v) is 7.36. The topological polar surface area (TPSA) is 12.0 Å². The zero-order valence-electron chi connectivity index (χ0n) is 6.55. The Bertz CT molecular complexity index is 200. The fourth-order valence-corrected chi connectivity index (χ4v) is 3.84. The van der Waals surface area contributed by atoms with Gasteiger partial charge in [0.05, 0.1) is 0 Å². The van der Waals surface area contributed by atoms with E-state index in [-0.39, 0.29) is 0 Å². The quantitative estimate of drug-likeness (QED) is 0.593. The summed E-state index contributed by atoms with van der Waals surface area (Å²) in [6.45, 7) is 0. The number of rotatable bonds is 1. The predicted octanol–water partition coefficient (Wildman–Crippen LogP) is 1.41. The van der Waals surface area contributed by atoms with Crippen LogP contribution >= 0.6 is 11.8 Å². The van der Waals surface area contributed by atoms with Gasteiger partial charge in [0, 0.05) is 23.1 Å². The maximum atomic E-state index is 3.72. The van der Waals surface area contributed by atoms with E-state index in [1.165, 1.54) is 24.3 Å². The van der Waals surface area contributed by atoms with E-state index in [9.17, 15) is 0 Å². The molecule has 3 aliphatic heterocycles. The van der Waals surface area contributed by atoms with Crippen molar-refractivity contribution in [3.63, 3.8) is 0 Å². The highest BCUT2D eigenvalue weighted by Crippen LogP contribution is 2.45. The Hall–Kier alpha value is 0.0500. The summed E-state index contributed by atoms with van der Waals surface area (Å²) in [5.41, 5.74) is 0.544. The molecule has 0 radical (unpaired) electrons. The molecular weight excluding hydrogens is 154 g/mol. The number of allylic oxidation sites excluding steroid dienone is 1. The summed E-state index contributed by atoms with van der Waals surface area (Å²) in [4.78, 5) is 0. The molecule has 3 saturated heterocycles. The minimum atomic E-state index is 0.544. The first-order valence-electron chi connectivity index (χ1n) is 4.41. The summed E-state index contributed by atoms with van der Waals surface area (Å²) in [6, 6.07) is 0.850. The smallest absolute Gasteiger partial charge is 0.0355 e. The van der Waals surface area contributed by atoms with E-state index in [0.29, 0.717) is 5.54 Å². The third-order valence-corrected chi connectivity index (χ3v) is 4.61.